The lowest BCUT2D eigenvalue weighted by atomic mass is 10.0. The van der Waals surface area contributed by atoms with Crippen LogP contribution in [0.2, 0.25) is 0 Å². The van der Waals surface area contributed by atoms with Crippen LogP contribution in [0.4, 0.5) is 5.69 Å². The molecule has 2 heterocycles. The maximum atomic E-state index is 12.7. The standard InChI is InChI=1S/C16H23N3O3S/c1-17-14-6-3-8-18(12-14)16(20)13-5-2-7-15(11-13)19-9-4-10-23(19,21)22/h2,5,7,11,14,17H,3-4,6,8-10,12H2,1H3/t14-/m1/s1. The number of anilines is 1. The van der Waals surface area contributed by atoms with Gasteiger partial charge in [0.2, 0.25) is 10.0 Å². The van der Waals surface area contributed by atoms with Crippen molar-refractivity contribution in [1.29, 1.82) is 0 Å². The zero-order valence-electron chi connectivity index (χ0n) is 13.4. The average Bonchev–Trinajstić information content (AvgIpc) is 2.93. The average molecular weight is 337 g/mol. The molecule has 2 fully saturated rings. The van der Waals surface area contributed by atoms with Crippen molar-refractivity contribution in [3.63, 3.8) is 0 Å². The van der Waals surface area contributed by atoms with Crippen LogP contribution in [-0.2, 0) is 10.0 Å². The van der Waals surface area contributed by atoms with E-state index >= 15 is 0 Å². The molecule has 1 amide bonds. The SMILES string of the molecule is CN[C@@H]1CCCN(C(=O)c2cccc(N3CCCS3(=O)=O)c2)C1. The Morgan fingerprint density at radius 2 is 2.09 bits per heavy atom. The van der Waals surface area contributed by atoms with Crippen molar-refractivity contribution in [3.8, 4) is 0 Å². The van der Waals surface area contributed by atoms with Crippen LogP contribution in [0.5, 0.6) is 0 Å². The van der Waals surface area contributed by atoms with Gasteiger partial charge >= 0.3 is 0 Å². The molecule has 2 aliphatic heterocycles. The van der Waals surface area contributed by atoms with Crippen LogP contribution in [0.1, 0.15) is 29.6 Å². The highest BCUT2D eigenvalue weighted by molar-refractivity contribution is 7.93. The number of likely N-dealkylation sites (N-methyl/N-ethyl adjacent to an activating group) is 1. The number of rotatable bonds is 3. The Morgan fingerprint density at radius 1 is 1.26 bits per heavy atom. The summed E-state index contributed by atoms with van der Waals surface area (Å²) in [6.45, 7) is 1.94. The van der Waals surface area contributed by atoms with Crippen LogP contribution < -0.4 is 9.62 Å². The first-order valence-corrected chi connectivity index (χ1v) is 9.69. The molecule has 1 aromatic rings. The molecule has 0 unspecified atom stereocenters. The minimum absolute atomic E-state index is 0.0246. The number of piperidine rings is 1. The molecular weight excluding hydrogens is 314 g/mol. The van der Waals surface area contributed by atoms with Gasteiger partial charge in [0.15, 0.2) is 0 Å². The van der Waals surface area contributed by atoms with Gasteiger partial charge in [0.25, 0.3) is 5.91 Å². The third-order valence-electron chi connectivity index (χ3n) is 4.60. The van der Waals surface area contributed by atoms with Gasteiger partial charge in [0.1, 0.15) is 0 Å². The summed E-state index contributed by atoms with van der Waals surface area (Å²) in [5.41, 5.74) is 1.15. The summed E-state index contributed by atoms with van der Waals surface area (Å²) in [5, 5.41) is 3.23. The van der Waals surface area contributed by atoms with Crippen molar-refractivity contribution in [2.75, 3.05) is 36.7 Å². The molecule has 126 valence electrons. The van der Waals surface area contributed by atoms with E-state index in [4.69, 9.17) is 0 Å². The number of carbonyl (C=O) groups excluding carboxylic acids is 1. The molecule has 0 aromatic heterocycles. The summed E-state index contributed by atoms with van der Waals surface area (Å²) in [6.07, 6.45) is 2.69. The number of likely N-dealkylation sites (tertiary alicyclic amines) is 1. The highest BCUT2D eigenvalue weighted by Crippen LogP contribution is 2.25. The second kappa shape index (κ2) is 6.49. The first-order chi connectivity index (χ1) is 11.0. The number of nitrogens with one attached hydrogen (secondary N) is 1. The molecule has 2 aliphatic rings. The second-order valence-electron chi connectivity index (χ2n) is 6.17. The van der Waals surface area contributed by atoms with E-state index in [0.29, 0.717) is 36.8 Å². The molecule has 0 radical (unpaired) electrons. The highest BCUT2D eigenvalue weighted by Gasteiger charge is 2.29. The van der Waals surface area contributed by atoms with Crippen LogP contribution in [0.3, 0.4) is 0 Å². The Bertz CT molecular complexity index is 690. The topological polar surface area (TPSA) is 69.7 Å². The van der Waals surface area contributed by atoms with E-state index in [0.717, 1.165) is 19.4 Å². The Balaban J connectivity index is 1.81. The number of sulfonamides is 1. The fourth-order valence-electron chi connectivity index (χ4n) is 3.30. The number of hydrogen-bond donors (Lipinski definition) is 1. The first-order valence-electron chi connectivity index (χ1n) is 8.08. The lowest BCUT2D eigenvalue weighted by Gasteiger charge is -2.32. The van der Waals surface area contributed by atoms with E-state index < -0.39 is 10.0 Å². The van der Waals surface area contributed by atoms with E-state index in [1.165, 1.54) is 4.31 Å². The number of amides is 1. The summed E-state index contributed by atoms with van der Waals surface area (Å²) in [4.78, 5) is 14.6. The van der Waals surface area contributed by atoms with Crippen molar-refractivity contribution in [2.45, 2.75) is 25.3 Å². The van der Waals surface area contributed by atoms with E-state index in [2.05, 4.69) is 5.32 Å². The van der Waals surface area contributed by atoms with Gasteiger partial charge in [-0.25, -0.2) is 8.42 Å². The number of carbonyl (C=O) groups is 1. The first kappa shape index (κ1) is 16.3. The van der Waals surface area contributed by atoms with Gasteiger partial charge in [-0.05, 0) is 44.5 Å². The van der Waals surface area contributed by atoms with Crippen molar-refractivity contribution in [2.24, 2.45) is 0 Å². The molecule has 0 aliphatic carbocycles. The maximum Gasteiger partial charge on any atom is 0.253 e. The molecule has 1 aromatic carbocycles. The van der Waals surface area contributed by atoms with Crippen LogP contribution in [0, 0.1) is 0 Å². The van der Waals surface area contributed by atoms with Crippen molar-refractivity contribution >= 4 is 21.6 Å². The van der Waals surface area contributed by atoms with Gasteiger partial charge < -0.3 is 10.2 Å². The Kier molecular flexibility index (Phi) is 4.59. The maximum absolute atomic E-state index is 12.7. The quantitative estimate of drug-likeness (QED) is 0.895. The molecule has 0 bridgehead atoms. The molecule has 1 N–H and O–H groups in total. The predicted molar refractivity (Wildman–Crippen MR) is 90.2 cm³/mol. The van der Waals surface area contributed by atoms with E-state index in [-0.39, 0.29) is 11.7 Å². The third kappa shape index (κ3) is 3.35. The van der Waals surface area contributed by atoms with Crippen LogP contribution >= 0.6 is 0 Å². The highest BCUT2D eigenvalue weighted by atomic mass is 32.2. The van der Waals surface area contributed by atoms with Gasteiger partial charge in [-0.15, -0.1) is 0 Å². The monoisotopic (exact) mass is 337 g/mol. The molecule has 23 heavy (non-hydrogen) atoms. The van der Waals surface area contributed by atoms with Crippen LogP contribution in [0.15, 0.2) is 24.3 Å². The summed E-state index contributed by atoms with van der Waals surface area (Å²) in [5.74, 6) is 0.157. The molecule has 2 saturated heterocycles. The molecule has 0 spiro atoms. The van der Waals surface area contributed by atoms with Crippen molar-refractivity contribution in [1.82, 2.24) is 10.2 Å². The Hall–Kier alpha value is -1.60. The molecular formula is C16H23N3O3S. The van der Waals surface area contributed by atoms with Crippen molar-refractivity contribution in [3.05, 3.63) is 29.8 Å². The fourth-order valence-corrected chi connectivity index (χ4v) is 4.86. The lowest BCUT2D eigenvalue weighted by molar-refractivity contribution is 0.0698. The fraction of sp³-hybridized carbons (Fsp3) is 0.562. The molecule has 6 nitrogen and oxygen atoms in total. The van der Waals surface area contributed by atoms with Gasteiger partial charge in [-0.2, -0.15) is 0 Å². The normalized spacial score (nSPS) is 24.0. The largest absolute Gasteiger partial charge is 0.337 e. The van der Waals surface area contributed by atoms with Gasteiger partial charge in [0.05, 0.1) is 11.4 Å². The molecule has 0 saturated carbocycles. The third-order valence-corrected chi connectivity index (χ3v) is 6.47. The minimum atomic E-state index is -3.22. The summed E-state index contributed by atoms with van der Waals surface area (Å²) < 4.78 is 25.5. The van der Waals surface area contributed by atoms with Crippen LogP contribution in [0.25, 0.3) is 0 Å². The lowest BCUT2D eigenvalue weighted by Crippen LogP contribution is -2.47. The smallest absolute Gasteiger partial charge is 0.253 e. The van der Waals surface area contributed by atoms with Gasteiger partial charge in [0, 0.05) is 31.2 Å². The number of hydrogen-bond acceptors (Lipinski definition) is 4. The number of nitrogens with zero attached hydrogens (tertiary/aromatic N) is 2. The minimum Gasteiger partial charge on any atom is -0.337 e. The molecule has 7 heteroatoms. The number of benzene rings is 1. The summed E-state index contributed by atoms with van der Waals surface area (Å²) in [6, 6.07) is 7.31. The predicted octanol–water partition coefficient (Wildman–Crippen LogP) is 1.05. The van der Waals surface area contributed by atoms with Crippen molar-refractivity contribution < 1.29 is 13.2 Å². The van der Waals surface area contributed by atoms with E-state index in [1.807, 2.05) is 11.9 Å². The van der Waals surface area contributed by atoms with Gasteiger partial charge in [-0.1, -0.05) is 6.07 Å². The Morgan fingerprint density at radius 3 is 2.78 bits per heavy atom. The zero-order chi connectivity index (χ0) is 16.4. The molecule has 1 atom stereocenters. The second-order valence-corrected chi connectivity index (χ2v) is 8.18. The van der Waals surface area contributed by atoms with E-state index in [1.54, 1.807) is 24.3 Å². The summed E-state index contributed by atoms with van der Waals surface area (Å²) >= 11 is 0. The van der Waals surface area contributed by atoms with Crippen LogP contribution in [-0.4, -0.2) is 57.7 Å². The van der Waals surface area contributed by atoms with Gasteiger partial charge in [-0.3, -0.25) is 9.10 Å². The molecule has 3 rings (SSSR count). The Labute approximate surface area is 137 Å². The van der Waals surface area contributed by atoms with E-state index in [9.17, 15) is 13.2 Å². The zero-order valence-corrected chi connectivity index (χ0v) is 14.2. The summed E-state index contributed by atoms with van der Waals surface area (Å²) in [7, 11) is -1.31.